The number of anilines is 1. The first-order valence-corrected chi connectivity index (χ1v) is 6.88. The molecule has 0 radical (unpaired) electrons. The summed E-state index contributed by atoms with van der Waals surface area (Å²) in [7, 11) is 0. The molecule has 1 heterocycles. The van der Waals surface area contributed by atoms with Gasteiger partial charge in [-0.05, 0) is 55.9 Å². The molecule has 0 spiro atoms. The Morgan fingerprint density at radius 3 is 2.83 bits per heavy atom. The molecule has 2 unspecified atom stereocenters. The molecule has 0 bridgehead atoms. The summed E-state index contributed by atoms with van der Waals surface area (Å²) >= 11 is 0. The third-order valence-electron chi connectivity index (χ3n) is 3.84. The van der Waals surface area contributed by atoms with Gasteiger partial charge in [0.2, 0.25) is 0 Å². The summed E-state index contributed by atoms with van der Waals surface area (Å²) in [4.78, 5) is 2.36. The number of halogens is 1. The second-order valence-electron chi connectivity index (χ2n) is 5.51. The van der Waals surface area contributed by atoms with E-state index in [1.165, 1.54) is 25.3 Å². The van der Waals surface area contributed by atoms with Gasteiger partial charge >= 0.3 is 0 Å². The van der Waals surface area contributed by atoms with Gasteiger partial charge in [-0.15, -0.1) is 0 Å². The second kappa shape index (κ2) is 5.70. The second-order valence-corrected chi connectivity index (χ2v) is 5.51. The number of nitrogens with zero attached hydrogens (tertiary/aromatic N) is 1. The molecule has 1 aromatic rings. The molecule has 100 valence electrons. The molecular formula is C15H23FN2. The quantitative estimate of drug-likeness (QED) is 0.870. The Morgan fingerprint density at radius 1 is 1.33 bits per heavy atom. The first kappa shape index (κ1) is 13.3. The number of benzene rings is 1. The lowest BCUT2D eigenvalue weighted by Crippen LogP contribution is -2.26. The Balaban J connectivity index is 2.26. The molecule has 2 rings (SSSR count). The summed E-state index contributed by atoms with van der Waals surface area (Å²) in [5.41, 5.74) is 8.00. The Labute approximate surface area is 109 Å². The number of rotatable bonds is 2. The number of nitrogens with two attached hydrogens (primary N) is 1. The number of hydrogen-bond donors (Lipinski definition) is 1. The smallest absolute Gasteiger partial charge is 0.123 e. The fraction of sp³-hybridized carbons (Fsp3) is 0.600. The molecule has 0 amide bonds. The standard InChI is InChI=1S/C15H23FN2/c1-11-4-3-8-18(9-7-11)15-6-5-13(16)10-14(15)12(2)17/h5-6,10-12H,3-4,7-9,17H2,1-2H3. The largest absolute Gasteiger partial charge is 0.371 e. The summed E-state index contributed by atoms with van der Waals surface area (Å²) in [5.74, 6) is 0.587. The molecule has 1 saturated heterocycles. The first-order chi connectivity index (χ1) is 8.58. The van der Waals surface area contributed by atoms with Crippen molar-refractivity contribution in [2.24, 2.45) is 11.7 Å². The monoisotopic (exact) mass is 250 g/mol. The summed E-state index contributed by atoms with van der Waals surface area (Å²) in [6.45, 7) is 6.32. The minimum Gasteiger partial charge on any atom is -0.371 e. The minimum absolute atomic E-state index is 0.128. The van der Waals surface area contributed by atoms with Gasteiger partial charge in [0.25, 0.3) is 0 Å². The molecule has 0 aliphatic carbocycles. The van der Waals surface area contributed by atoms with Crippen molar-refractivity contribution in [3.05, 3.63) is 29.6 Å². The van der Waals surface area contributed by atoms with Crippen LogP contribution in [0.4, 0.5) is 10.1 Å². The van der Waals surface area contributed by atoms with E-state index in [-0.39, 0.29) is 11.9 Å². The predicted octanol–water partition coefficient (Wildman–Crippen LogP) is 3.47. The molecule has 1 fully saturated rings. The van der Waals surface area contributed by atoms with Crippen LogP contribution in [0.3, 0.4) is 0 Å². The van der Waals surface area contributed by atoms with Gasteiger partial charge in [0.05, 0.1) is 0 Å². The Hall–Kier alpha value is -1.09. The molecule has 2 nitrogen and oxygen atoms in total. The van der Waals surface area contributed by atoms with E-state index in [0.717, 1.165) is 30.3 Å². The third-order valence-corrected chi connectivity index (χ3v) is 3.84. The van der Waals surface area contributed by atoms with Crippen molar-refractivity contribution < 1.29 is 4.39 Å². The van der Waals surface area contributed by atoms with Crippen LogP contribution in [0.1, 0.15) is 44.7 Å². The van der Waals surface area contributed by atoms with E-state index in [4.69, 9.17) is 5.73 Å². The van der Waals surface area contributed by atoms with Gasteiger partial charge in [-0.2, -0.15) is 0 Å². The van der Waals surface area contributed by atoms with Crippen LogP contribution in [-0.2, 0) is 0 Å². The summed E-state index contributed by atoms with van der Waals surface area (Å²) in [5, 5.41) is 0. The summed E-state index contributed by atoms with van der Waals surface area (Å²) in [6, 6.07) is 4.87. The highest BCUT2D eigenvalue weighted by atomic mass is 19.1. The molecule has 2 atom stereocenters. The molecule has 3 heteroatoms. The van der Waals surface area contributed by atoms with E-state index in [9.17, 15) is 4.39 Å². The van der Waals surface area contributed by atoms with E-state index in [2.05, 4.69) is 11.8 Å². The maximum absolute atomic E-state index is 13.3. The third kappa shape index (κ3) is 3.02. The van der Waals surface area contributed by atoms with Crippen molar-refractivity contribution in [2.45, 2.75) is 39.2 Å². The SMILES string of the molecule is CC1CCCN(c2ccc(F)cc2C(C)N)CC1. The zero-order chi connectivity index (χ0) is 13.1. The van der Waals surface area contributed by atoms with Crippen molar-refractivity contribution >= 4 is 5.69 Å². The van der Waals surface area contributed by atoms with Gasteiger partial charge in [0.15, 0.2) is 0 Å². The lowest BCUT2D eigenvalue weighted by atomic mass is 10.0. The van der Waals surface area contributed by atoms with Crippen LogP contribution in [0.15, 0.2) is 18.2 Å². The van der Waals surface area contributed by atoms with Gasteiger partial charge < -0.3 is 10.6 Å². The normalized spacial score (nSPS) is 22.7. The van der Waals surface area contributed by atoms with Crippen LogP contribution in [0.5, 0.6) is 0 Å². The van der Waals surface area contributed by atoms with Gasteiger partial charge in [-0.25, -0.2) is 4.39 Å². The zero-order valence-electron chi connectivity index (χ0n) is 11.3. The molecule has 0 aromatic heterocycles. The number of hydrogen-bond acceptors (Lipinski definition) is 2. The summed E-state index contributed by atoms with van der Waals surface area (Å²) in [6.07, 6.45) is 3.69. The van der Waals surface area contributed by atoms with Crippen LogP contribution >= 0.6 is 0 Å². The lowest BCUT2D eigenvalue weighted by Gasteiger charge is -2.27. The van der Waals surface area contributed by atoms with E-state index in [1.807, 2.05) is 13.0 Å². The highest BCUT2D eigenvalue weighted by molar-refractivity contribution is 5.55. The van der Waals surface area contributed by atoms with E-state index in [1.54, 1.807) is 6.07 Å². The predicted molar refractivity (Wildman–Crippen MR) is 74.2 cm³/mol. The highest BCUT2D eigenvalue weighted by Crippen LogP contribution is 2.29. The van der Waals surface area contributed by atoms with E-state index < -0.39 is 0 Å². The van der Waals surface area contributed by atoms with Gasteiger partial charge in [-0.1, -0.05) is 6.92 Å². The minimum atomic E-state index is -0.200. The summed E-state index contributed by atoms with van der Waals surface area (Å²) < 4.78 is 13.3. The fourth-order valence-corrected chi connectivity index (χ4v) is 2.68. The van der Waals surface area contributed by atoms with Crippen molar-refractivity contribution in [3.63, 3.8) is 0 Å². The fourth-order valence-electron chi connectivity index (χ4n) is 2.68. The van der Waals surface area contributed by atoms with Crippen molar-refractivity contribution in [1.82, 2.24) is 0 Å². The average molecular weight is 250 g/mol. The maximum atomic E-state index is 13.3. The highest BCUT2D eigenvalue weighted by Gasteiger charge is 2.18. The lowest BCUT2D eigenvalue weighted by molar-refractivity contribution is 0.521. The molecule has 18 heavy (non-hydrogen) atoms. The van der Waals surface area contributed by atoms with Crippen LogP contribution in [0, 0.1) is 11.7 Å². The first-order valence-electron chi connectivity index (χ1n) is 6.88. The van der Waals surface area contributed by atoms with Crippen LogP contribution in [0.2, 0.25) is 0 Å². The van der Waals surface area contributed by atoms with E-state index >= 15 is 0 Å². The molecule has 0 saturated carbocycles. The molecule has 1 aliphatic rings. The Morgan fingerprint density at radius 2 is 2.11 bits per heavy atom. The molecule has 1 aromatic carbocycles. The van der Waals surface area contributed by atoms with Gasteiger partial charge in [-0.3, -0.25) is 0 Å². The maximum Gasteiger partial charge on any atom is 0.123 e. The van der Waals surface area contributed by atoms with Crippen LogP contribution in [-0.4, -0.2) is 13.1 Å². The van der Waals surface area contributed by atoms with Crippen molar-refractivity contribution in [1.29, 1.82) is 0 Å². The topological polar surface area (TPSA) is 29.3 Å². The molecular weight excluding hydrogens is 227 g/mol. The Kier molecular flexibility index (Phi) is 4.23. The average Bonchev–Trinajstić information content (AvgIpc) is 2.54. The zero-order valence-corrected chi connectivity index (χ0v) is 11.3. The molecule has 1 aliphatic heterocycles. The van der Waals surface area contributed by atoms with Gasteiger partial charge in [0, 0.05) is 24.8 Å². The Bertz CT molecular complexity index is 403. The van der Waals surface area contributed by atoms with Crippen molar-refractivity contribution in [3.8, 4) is 0 Å². The van der Waals surface area contributed by atoms with E-state index in [0.29, 0.717) is 0 Å². The van der Waals surface area contributed by atoms with Gasteiger partial charge in [0.1, 0.15) is 5.82 Å². The molecule has 2 N–H and O–H groups in total. The van der Waals surface area contributed by atoms with Crippen LogP contribution < -0.4 is 10.6 Å². The van der Waals surface area contributed by atoms with Crippen molar-refractivity contribution in [2.75, 3.05) is 18.0 Å². The van der Waals surface area contributed by atoms with Crippen LogP contribution in [0.25, 0.3) is 0 Å².